The fraction of sp³-hybridized carbons (Fsp3) is 0.923. The smallest absolute Gasteiger partial charge is 0.315 e. The molecule has 0 aromatic heterocycles. The van der Waals surface area contributed by atoms with E-state index in [0.717, 1.165) is 51.9 Å². The van der Waals surface area contributed by atoms with E-state index in [1.54, 1.807) is 0 Å². The molecule has 1 rings (SSSR count). The van der Waals surface area contributed by atoms with Crippen LogP contribution in [0.25, 0.3) is 0 Å². The average molecular weight is 382 g/mol. The standard InChI is InChI=1S/C13H27IN4O/c1-3-18(4-2)10-9-15-13(19)16-11-5-7-12(17-14)8-6-11/h11-12,17H,3-10H2,1-2H3,(H2,15,16,19)/t11-,12-. The quantitative estimate of drug-likeness (QED) is 0.466. The maximum Gasteiger partial charge on any atom is 0.315 e. The molecule has 0 heterocycles. The first-order chi connectivity index (χ1) is 9.19. The summed E-state index contributed by atoms with van der Waals surface area (Å²) in [5.74, 6) is 0. The van der Waals surface area contributed by atoms with Gasteiger partial charge in [0.2, 0.25) is 0 Å². The van der Waals surface area contributed by atoms with Gasteiger partial charge in [0, 0.05) is 48.0 Å². The van der Waals surface area contributed by atoms with Crippen LogP contribution in [0.5, 0.6) is 0 Å². The number of urea groups is 1. The van der Waals surface area contributed by atoms with Crippen LogP contribution >= 0.6 is 22.9 Å². The van der Waals surface area contributed by atoms with Crippen molar-refractivity contribution in [3.05, 3.63) is 0 Å². The van der Waals surface area contributed by atoms with Crippen LogP contribution in [0.2, 0.25) is 0 Å². The van der Waals surface area contributed by atoms with Crippen molar-refractivity contribution in [1.82, 2.24) is 19.1 Å². The highest BCUT2D eigenvalue weighted by Gasteiger charge is 2.21. The van der Waals surface area contributed by atoms with Crippen molar-refractivity contribution in [2.24, 2.45) is 0 Å². The number of rotatable bonds is 7. The third-order valence-corrected chi connectivity index (χ3v) is 4.71. The minimum atomic E-state index is -0.0157. The van der Waals surface area contributed by atoms with Gasteiger partial charge in [0.15, 0.2) is 0 Å². The first-order valence-corrected chi connectivity index (χ1v) is 8.40. The molecule has 0 bridgehead atoms. The second-order valence-electron chi connectivity index (χ2n) is 5.08. The number of halogens is 1. The molecule has 1 fully saturated rings. The van der Waals surface area contributed by atoms with E-state index in [4.69, 9.17) is 0 Å². The molecular weight excluding hydrogens is 355 g/mol. The molecule has 1 saturated carbocycles. The van der Waals surface area contributed by atoms with Crippen LogP contribution < -0.4 is 14.2 Å². The lowest BCUT2D eigenvalue weighted by Gasteiger charge is -2.28. The molecule has 0 unspecified atom stereocenters. The Bertz CT molecular complexity index is 253. The molecule has 2 amide bonds. The summed E-state index contributed by atoms with van der Waals surface area (Å²) in [6.45, 7) is 8.00. The van der Waals surface area contributed by atoms with Crippen LogP contribution in [-0.2, 0) is 0 Å². The SMILES string of the molecule is CCN(CC)CCNC(=O)N[C@H]1CC[C@H](NI)CC1. The zero-order valence-electron chi connectivity index (χ0n) is 12.0. The molecule has 3 N–H and O–H groups in total. The predicted molar refractivity (Wildman–Crippen MR) is 87.5 cm³/mol. The van der Waals surface area contributed by atoms with Gasteiger partial charge in [-0.15, -0.1) is 0 Å². The normalized spacial score (nSPS) is 23.4. The predicted octanol–water partition coefficient (Wildman–Crippen LogP) is 1.88. The van der Waals surface area contributed by atoms with Crippen molar-refractivity contribution in [3.8, 4) is 0 Å². The maximum absolute atomic E-state index is 11.8. The van der Waals surface area contributed by atoms with Crippen LogP contribution in [0.4, 0.5) is 4.79 Å². The number of nitrogens with one attached hydrogen (secondary N) is 3. The van der Waals surface area contributed by atoms with Gasteiger partial charge >= 0.3 is 6.03 Å². The molecule has 112 valence electrons. The summed E-state index contributed by atoms with van der Waals surface area (Å²) in [5, 5.41) is 6.02. The molecule has 0 aliphatic heterocycles. The van der Waals surface area contributed by atoms with E-state index in [9.17, 15) is 4.79 Å². The molecular formula is C13H27IN4O. The number of carbonyl (C=O) groups is 1. The number of carbonyl (C=O) groups excluding carboxylic acids is 1. The Labute approximate surface area is 130 Å². The number of amides is 2. The molecule has 0 aromatic carbocycles. The Morgan fingerprint density at radius 3 is 2.26 bits per heavy atom. The zero-order valence-corrected chi connectivity index (χ0v) is 14.2. The Hall–Kier alpha value is -0.0800. The van der Waals surface area contributed by atoms with Crippen molar-refractivity contribution in [1.29, 1.82) is 0 Å². The minimum Gasteiger partial charge on any atom is -0.337 e. The van der Waals surface area contributed by atoms with Crippen molar-refractivity contribution in [3.63, 3.8) is 0 Å². The number of likely N-dealkylation sites (N-methyl/N-ethyl adjacent to an activating group) is 1. The van der Waals surface area contributed by atoms with Crippen molar-refractivity contribution in [2.75, 3.05) is 26.2 Å². The van der Waals surface area contributed by atoms with E-state index in [0.29, 0.717) is 12.1 Å². The lowest BCUT2D eigenvalue weighted by atomic mass is 9.92. The third-order valence-electron chi connectivity index (χ3n) is 3.82. The Kier molecular flexibility index (Phi) is 8.72. The summed E-state index contributed by atoms with van der Waals surface area (Å²) < 4.78 is 3.27. The van der Waals surface area contributed by atoms with Crippen molar-refractivity contribution >= 4 is 28.9 Å². The summed E-state index contributed by atoms with van der Waals surface area (Å²) in [4.78, 5) is 14.1. The van der Waals surface area contributed by atoms with Crippen LogP contribution in [0.15, 0.2) is 0 Å². The van der Waals surface area contributed by atoms with Gasteiger partial charge in [-0.25, -0.2) is 4.79 Å². The molecule has 1 aliphatic carbocycles. The maximum atomic E-state index is 11.8. The lowest BCUT2D eigenvalue weighted by Crippen LogP contribution is -2.46. The fourth-order valence-corrected chi connectivity index (χ4v) is 3.07. The van der Waals surface area contributed by atoms with Gasteiger partial charge in [0.25, 0.3) is 0 Å². The van der Waals surface area contributed by atoms with Gasteiger partial charge in [-0.05, 0) is 38.8 Å². The number of nitrogens with zero attached hydrogens (tertiary/aromatic N) is 1. The van der Waals surface area contributed by atoms with Gasteiger partial charge in [-0.2, -0.15) is 0 Å². The second-order valence-corrected chi connectivity index (χ2v) is 5.71. The van der Waals surface area contributed by atoms with E-state index >= 15 is 0 Å². The van der Waals surface area contributed by atoms with Gasteiger partial charge in [0.05, 0.1) is 0 Å². The molecule has 0 atom stereocenters. The summed E-state index contributed by atoms with van der Waals surface area (Å²) in [5.41, 5.74) is 0. The van der Waals surface area contributed by atoms with E-state index in [2.05, 4.69) is 55.8 Å². The molecule has 0 saturated heterocycles. The first-order valence-electron chi connectivity index (χ1n) is 7.32. The summed E-state index contributed by atoms with van der Waals surface area (Å²) >= 11 is 2.22. The van der Waals surface area contributed by atoms with Crippen LogP contribution in [-0.4, -0.2) is 49.2 Å². The topological polar surface area (TPSA) is 56.4 Å². The lowest BCUT2D eigenvalue weighted by molar-refractivity contribution is 0.227. The van der Waals surface area contributed by atoms with Gasteiger partial charge in [-0.1, -0.05) is 13.8 Å². The van der Waals surface area contributed by atoms with Gasteiger partial charge in [-0.3, -0.25) is 3.53 Å². The molecule has 1 aliphatic rings. The van der Waals surface area contributed by atoms with E-state index < -0.39 is 0 Å². The van der Waals surface area contributed by atoms with Gasteiger partial charge in [0.1, 0.15) is 0 Å². The Morgan fingerprint density at radius 1 is 1.16 bits per heavy atom. The first kappa shape index (κ1) is 17.0. The summed E-state index contributed by atoms with van der Waals surface area (Å²) in [7, 11) is 0. The average Bonchev–Trinajstić information content (AvgIpc) is 2.44. The van der Waals surface area contributed by atoms with E-state index in [-0.39, 0.29) is 6.03 Å². The molecule has 0 spiro atoms. The van der Waals surface area contributed by atoms with E-state index in [1.807, 2.05) is 0 Å². The Morgan fingerprint density at radius 2 is 1.74 bits per heavy atom. The van der Waals surface area contributed by atoms with Crippen LogP contribution in [0.3, 0.4) is 0 Å². The number of hydrogen-bond donors (Lipinski definition) is 3. The molecule has 0 aromatic rings. The molecule has 0 radical (unpaired) electrons. The van der Waals surface area contributed by atoms with Crippen molar-refractivity contribution < 1.29 is 4.79 Å². The van der Waals surface area contributed by atoms with Crippen LogP contribution in [0.1, 0.15) is 39.5 Å². The Balaban J connectivity index is 2.11. The summed E-state index contributed by atoms with van der Waals surface area (Å²) in [6, 6.07) is 0.942. The van der Waals surface area contributed by atoms with Crippen LogP contribution in [0, 0.1) is 0 Å². The summed E-state index contributed by atoms with van der Waals surface area (Å²) in [6.07, 6.45) is 4.44. The number of hydrogen-bond acceptors (Lipinski definition) is 3. The minimum absolute atomic E-state index is 0.0157. The monoisotopic (exact) mass is 382 g/mol. The van der Waals surface area contributed by atoms with Gasteiger partial charge < -0.3 is 15.5 Å². The fourth-order valence-electron chi connectivity index (χ4n) is 2.45. The molecule has 6 heteroatoms. The molecule has 5 nitrogen and oxygen atoms in total. The highest BCUT2D eigenvalue weighted by Crippen LogP contribution is 2.19. The third kappa shape index (κ3) is 6.76. The van der Waals surface area contributed by atoms with Crippen molar-refractivity contribution in [2.45, 2.75) is 51.6 Å². The largest absolute Gasteiger partial charge is 0.337 e. The highest BCUT2D eigenvalue weighted by atomic mass is 127. The second kappa shape index (κ2) is 9.77. The molecule has 19 heavy (non-hydrogen) atoms. The highest BCUT2D eigenvalue weighted by molar-refractivity contribution is 14.1. The zero-order chi connectivity index (χ0) is 14.1. The van der Waals surface area contributed by atoms with E-state index in [1.165, 1.54) is 0 Å².